The van der Waals surface area contributed by atoms with Gasteiger partial charge in [-0.25, -0.2) is 8.42 Å². The van der Waals surface area contributed by atoms with Gasteiger partial charge in [0.05, 0.1) is 4.90 Å². The molecule has 0 unspecified atom stereocenters. The number of nitrogens with zero attached hydrogens (tertiary/aromatic N) is 1. The van der Waals surface area contributed by atoms with Gasteiger partial charge in [0.1, 0.15) is 5.76 Å². The SMILES string of the molecule is CC(C)c1ccc(S(=O)(=O)Nc2cc(C(C)(C)C)on2)cc1. The molecule has 0 aliphatic heterocycles. The second-order valence-corrected chi connectivity index (χ2v) is 8.34. The van der Waals surface area contributed by atoms with Crippen molar-refractivity contribution in [1.82, 2.24) is 5.16 Å². The van der Waals surface area contributed by atoms with Gasteiger partial charge in [-0.05, 0) is 23.6 Å². The van der Waals surface area contributed by atoms with Crippen LogP contribution >= 0.6 is 0 Å². The lowest BCUT2D eigenvalue weighted by Gasteiger charge is -2.12. The highest BCUT2D eigenvalue weighted by atomic mass is 32.2. The summed E-state index contributed by atoms with van der Waals surface area (Å²) < 4.78 is 32.3. The molecule has 0 saturated heterocycles. The van der Waals surface area contributed by atoms with Crippen LogP contribution < -0.4 is 4.72 Å². The second-order valence-electron chi connectivity index (χ2n) is 6.66. The standard InChI is InChI=1S/C16H22N2O3S/c1-11(2)12-6-8-13(9-7-12)22(19,20)18-15-10-14(21-17-15)16(3,4)5/h6-11H,1-5H3,(H,17,18). The Hall–Kier alpha value is -1.82. The first kappa shape index (κ1) is 16.5. The van der Waals surface area contributed by atoms with Crippen molar-refractivity contribution in [1.29, 1.82) is 0 Å². The van der Waals surface area contributed by atoms with E-state index in [1.165, 1.54) is 0 Å². The average Bonchev–Trinajstić information content (AvgIpc) is 2.86. The monoisotopic (exact) mass is 322 g/mol. The molecule has 1 N–H and O–H groups in total. The van der Waals surface area contributed by atoms with Gasteiger partial charge in [0.25, 0.3) is 10.0 Å². The maximum atomic E-state index is 12.3. The lowest BCUT2D eigenvalue weighted by Crippen LogP contribution is -2.13. The Morgan fingerprint density at radius 3 is 2.18 bits per heavy atom. The molecule has 22 heavy (non-hydrogen) atoms. The van der Waals surface area contributed by atoms with Crippen LogP contribution in [-0.2, 0) is 15.4 Å². The van der Waals surface area contributed by atoms with Gasteiger partial charge in [-0.15, -0.1) is 0 Å². The van der Waals surface area contributed by atoms with Crippen molar-refractivity contribution in [2.24, 2.45) is 0 Å². The maximum Gasteiger partial charge on any atom is 0.263 e. The van der Waals surface area contributed by atoms with E-state index in [-0.39, 0.29) is 16.1 Å². The summed E-state index contributed by atoms with van der Waals surface area (Å²) in [5.41, 5.74) is 0.866. The first-order valence-electron chi connectivity index (χ1n) is 7.19. The largest absolute Gasteiger partial charge is 0.359 e. The maximum absolute atomic E-state index is 12.3. The number of rotatable bonds is 4. The van der Waals surface area contributed by atoms with Crippen molar-refractivity contribution in [3.63, 3.8) is 0 Å². The Balaban J connectivity index is 2.22. The summed E-state index contributed by atoms with van der Waals surface area (Å²) in [7, 11) is -3.66. The highest BCUT2D eigenvalue weighted by Gasteiger charge is 2.22. The molecule has 2 aromatic rings. The summed E-state index contributed by atoms with van der Waals surface area (Å²) >= 11 is 0. The molecule has 2 rings (SSSR count). The van der Waals surface area contributed by atoms with Gasteiger partial charge < -0.3 is 4.52 Å². The third-order valence-corrected chi connectivity index (χ3v) is 4.72. The fourth-order valence-electron chi connectivity index (χ4n) is 1.91. The third kappa shape index (κ3) is 3.68. The summed E-state index contributed by atoms with van der Waals surface area (Å²) in [6, 6.07) is 8.45. The van der Waals surface area contributed by atoms with Crippen LogP contribution in [0.3, 0.4) is 0 Å². The number of anilines is 1. The van der Waals surface area contributed by atoms with Crippen molar-refractivity contribution < 1.29 is 12.9 Å². The number of nitrogens with one attached hydrogen (secondary N) is 1. The van der Waals surface area contributed by atoms with Crippen molar-refractivity contribution in [3.8, 4) is 0 Å². The van der Waals surface area contributed by atoms with Crippen molar-refractivity contribution in [3.05, 3.63) is 41.7 Å². The van der Waals surface area contributed by atoms with Gasteiger partial charge >= 0.3 is 0 Å². The molecule has 0 aliphatic rings. The van der Waals surface area contributed by atoms with E-state index in [0.717, 1.165) is 5.56 Å². The van der Waals surface area contributed by atoms with E-state index in [1.807, 2.05) is 32.9 Å². The van der Waals surface area contributed by atoms with Crippen LogP contribution in [0.25, 0.3) is 0 Å². The number of benzene rings is 1. The first-order valence-corrected chi connectivity index (χ1v) is 8.68. The molecular formula is C16H22N2O3S. The molecule has 5 nitrogen and oxygen atoms in total. The minimum absolute atomic E-state index is 0.192. The molecule has 120 valence electrons. The lowest BCUT2D eigenvalue weighted by atomic mass is 9.93. The molecule has 0 bridgehead atoms. The van der Waals surface area contributed by atoms with Crippen LogP contribution in [0, 0.1) is 0 Å². The zero-order chi connectivity index (χ0) is 16.5. The number of hydrogen-bond donors (Lipinski definition) is 1. The normalized spacial score (nSPS) is 12.6. The highest BCUT2D eigenvalue weighted by Crippen LogP contribution is 2.26. The van der Waals surface area contributed by atoms with Gasteiger partial charge in [0.15, 0.2) is 5.82 Å². The molecular weight excluding hydrogens is 300 g/mol. The number of aromatic nitrogens is 1. The second kappa shape index (κ2) is 5.76. The summed E-state index contributed by atoms with van der Waals surface area (Å²) in [6.07, 6.45) is 0. The zero-order valence-corrected chi connectivity index (χ0v) is 14.4. The van der Waals surface area contributed by atoms with Gasteiger partial charge in [-0.1, -0.05) is 51.9 Å². The van der Waals surface area contributed by atoms with Crippen LogP contribution in [0.15, 0.2) is 39.8 Å². The van der Waals surface area contributed by atoms with Crippen molar-refractivity contribution in [2.75, 3.05) is 4.72 Å². The molecule has 1 aromatic heterocycles. The molecule has 0 radical (unpaired) electrons. The molecule has 0 amide bonds. The summed E-state index contributed by atoms with van der Waals surface area (Å²) in [5.74, 6) is 1.17. The fourth-order valence-corrected chi connectivity index (χ4v) is 2.89. The van der Waals surface area contributed by atoms with Crippen LogP contribution in [-0.4, -0.2) is 13.6 Å². The van der Waals surface area contributed by atoms with Gasteiger partial charge in [0.2, 0.25) is 0 Å². The van der Waals surface area contributed by atoms with Gasteiger partial charge in [0, 0.05) is 11.5 Å². The molecule has 6 heteroatoms. The first-order chi connectivity index (χ1) is 10.1. The van der Waals surface area contributed by atoms with E-state index in [1.54, 1.807) is 18.2 Å². The Labute approximate surface area is 131 Å². The molecule has 0 spiro atoms. The summed E-state index contributed by atoms with van der Waals surface area (Å²) in [4.78, 5) is 0.206. The van der Waals surface area contributed by atoms with Crippen LogP contribution in [0.4, 0.5) is 5.82 Å². The minimum atomic E-state index is -3.66. The lowest BCUT2D eigenvalue weighted by molar-refractivity contribution is 0.331. The fraction of sp³-hybridized carbons (Fsp3) is 0.438. The van der Waals surface area contributed by atoms with E-state index >= 15 is 0 Å². The number of hydrogen-bond acceptors (Lipinski definition) is 4. The van der Waals surface area contributed by atoms with E-state index in [4.69, 9.17) is 4.52 Å². The number of sulfonamides is 1. The topological polar surface area (TPSA) is 72.2 Å². The van der Waals surface area contributed by atoms with Crippen molar-refractivity contribution >= 4 is 15.8 Å². The predicted molar refractivity (Wildman–Crippen MR) is 86.5 cm³/mol. The van der Waals surface area contributed by atoms with E-state index in [2.05, 4.69) is 23.7 Å². The Morgan fingerprint density at radius 1 is 1.14 bits per heavy atom. The molecule has 1 aromatic carbocycles. The minimum Gasteiger partial charge on any atom is -0.359 e. The van der Waals surface area contributed by atoms with Crippen LogP contribution in [0.5, 0.6) is 0 Å². The van der Waals surface area contributed by atoms with E-state index in [9.17, 15) is 8.42 Å². The van der Waals surface area contributed by atoms with Gasteiger partial charge in [-0.3, -0.25) is 4.72 Å². The summed E-state index contributed by atoms with van der Waals surface area (Å²) in [6.45, 7) is 10.0. The van der Waals surface area contributed by atoms with Crippen LogP contribution in [0.1, 0.15) is 51.9 Å². The predicted octanol–water partition coefficient (Wildman–Crippen LogP) is 3.90. The molecule has 0 atom stereocenters. The zero-order valence-electron chi connectivity index (χ0n) is 13.5. The summed E-state index contributed by atoms with van der Waals surface area (Å²) in [5, 5.41) is 3.77. The van der Waals surface area contributed by atoms with Crippen molar-refractivity contribution in [2.45, 2.75) is 50.8 Å². The molecule has 0 aliphatic carbocycles. The third-order valence-electron chi connectivity index (χ3n) is 3.35. The van der Waals surface area contributed by atoms with Crippen LogP contribution in [0.2, 0.25) is 0 Å². The highest BCUT2D eigenvalue weighted by molar-refractivity contribution is 7.92. The molecule has 1 heterocycles. The van der Waals surface area contributed by atoms with E-state index in [0.29, 0.717) is 11.7 Å². The quantitative estimate of drug-likeness (QED) is 0.926. The van der Waals surface area contributed by atoms with E-state index < -0.39 is 10.0 Å². The Bertz CT molecular complexity index is 738. The molecule has 0 saturated carbocycles. The Morgan fingerprint density at radius 2 is 1.73 bits per heavy atom. The smallest absolute Gasteiger partial charge is 0.263 e. The molecule has 0 fully saturated rings. The average molecular weight is 322 g/mol. The Kier molecular flexibility index (Phi) is 4.33. The van der Waals surface area contributed by atoms with Gasteiger partial charge in [-0.2, -0.15) is 0 Å².